The highest BCUT2D eigenvalue weighted by atomic mass is 35.5. The molecule has 21 heavy (non-hydrogen) atoms. The summed E-state index contributed by atoms with van der Waals surface area (Å²) in [4.78, 5) is 16.3. The third-order valence-corrected chi connectivity index (χ3v) is 4.91. The molecular weight excluding hydrogens is 326 g/mol. The van der Waals surface area contributed by atoms with Crippen LogP contribution in [0.3, 0.4) is 0 Å². The van der Waals surface area contributed by atoms with E-state index in [2.05, 4.69) is 4.98 Å². The van der Waals surface area contributed by atoms with Crippen LogP contribution in [0.2, 0.25) is 5.02 Å². The molecule has 0 atom stereocenters. The van der Waals surface area contributed by atoms with Crippen molar-refractivity contribution in [3.8, 4) is 5.75 Å². The van der Waals surface area contributed by atoms with E-state index in [9.17, 15) is 4.79 Å². The topological polar surface area (TPSA) is 39.2 Å². The fraction of sp³-hybridized carbons (Fsp3) is 0.0667. The number of para-hydroxylation sites is 2. The van der Waals surface area contributed by atoms with Gasteiger partial charge in [-0.1, -0.05) is 35.9 Å². The predicted molar refractivity (Wildman–Crippen MR) is 87.4 cm³/mol. The number of thioether (sulfide) groups is 1. The second-order valence-corrected chi connectivity index (χ2v) is 6.88. The Morgan fingerprint density at radius 2 is 1.95 bits per heavy atom. The number of carbonyl (C=O) groups excluding carboxylic acids is 1. The Morgan fingerprint density at radius 3 is 2.76 bits per heavy atom. The van der Waals surface area contributed by atoms with E-state index in [1.807, 2.05) is 36.4 Å². The molecule has 0 aliphatic rings. The van der Waals surface area contributed by atoms with Gasteiger partial charge in [-0.25, -0.2) is 4.98 Å². The molecule has 6 heteroatoms. The van der Waals surface area contributed by atoms with Gasteiger partial charge in [0.25, 0.3) is 0 Å². The lowest BCUT2D eigenvalue weighted by atomic mass is 10.3. The van der Waals surface area contributed by atoms with E-state index < -0.39 is 0 Å². The van der Waals surface area contributed by atoms with E-state index in [-0.39, 0.29) is 11.7 Å². The number of thiazole rings is 1. The van der Waals surface area contributed by atoms with Crippen molar-refractivity contribution in [1.29, 1.82) is 0 Å². The van der Waals surface area contributed by atoms with Crippen molar-refractivity contribution in [3.63, 3.8) is 0 Å². The van der Waals surface area contributed by atoms with Crippen LogP contribution in [-0.2, 0) is 4.79 Å². The van der Waals surface area contributed by atoms with Crippen molar-refractivity contribution in [3.05, 3.63) is 53.6 Å². The number of ether oxygens (including phenoxy) is 1. The minimum absolute atomic E-state index is 0.0374. The van der Waals surface area contributed by atoms with Crippen LogP contribution in [0, 0.1) is 0 Å². The van der Waals surface area contributed by atoms with Gasteiger partial charge in [0.2, 0.25) is 5.12 Å². The second-order valence-electron chi connectivity index (χ2n) is 4.14. The predicted octanol–water partition coefficient (Wildman–Crippen LogP) is 4.65. The quantitative estimate of drug-likeness (QED) is 0.651. The molecule has 1 aromatic heterocycles. The largest absolute Gasteiger partial charge is 0.483 e. The minimum Gasteiger partial charge on any atom is -0.483 e. The van der Waals surface area contributed by atoms with Crippen molar-refractivity contribution < 1.29 is 9.53 Å². The third kappa shape index (κ3) is 3.56. The Morgan fingerprint density at radius 1 is 1.19 bits per heavy atom. The molecule has 0 N–H and O–H groups in total. The molecule has 106 valence electrons. The fourth-order valence-corrected chi connectivity index (χ4v) is 3.78. The molecule has 0 unspecified atom stereocenters. The number of nitrogens with zero attached hydrogens (tertiary/aromatic N) is 1. The van der Waals surface area contributed by atoms with Gasteiger partial charge in [0.15, 0.2) is 10.9 Å². The number of hydrogen-bond donors (Lipinski definition) is 0. The molecule has 0 saturated heterocycles. The van der Waals surface area contributed by atoms with E-state index in [4.69, 9.17) is 16.3 Å². The lowest BCUT2D eigenvalue weighted by Crippen LogP contribution is -2.07. The summed E-state index contributed by atoms with van der Waals surface area (Å²) in [6, 6.07) is 14.9. The van der Waals surface area contributed by atoms with Crippen molar-refractivity contribution >= 4 is 50.0 Å². The maximum Gasteiger partial charge on any atom is 0.233 e. The van der Waals surface area contributed by atoms with Gasteiger partial charge in [0, 0.05) is 0 Å². The first-order valence-electron chi connectivity index (χ1n) is 6.16. The Kier molecular flexibility index (Phi) is 4.43. The number of aromatic nitrogens is 1. The fourth-order valence-electron chi connectivity index (χ4n) is 1.72. The molecule has 3 nitrogen and oxygen atoms in total. The molecule has 0 spiro atoms. The molecule has 0 fully saturated rings. The van der Waals surface area contributed by atoms with Crippen molar-refractivity contribution in [2.75, 3.05) is 6.61 Å². The number of hydrogen-bond acceptors (Lipinski definition) is 5. The zero-order valence-corrected chi connectivity index (χ0v) is 13.2. The number of fused-ring (bicyclic) bond motifs is 1. The summed E-state index contributed by atoms with van der Waals surface area (Å²) in [5, 5.41) is 0.393. The molecule has 0 aliphatic heterocycles. The number of benzene rings is 2. The highest BCUT2D eigenvalue weighted by molar-refractivity contribution is 8.15. The van der Waals surface area contributed by atoms with Gasteiger partial charge in [-0.05, 0) is 36.0 Å². The zero-order valence-electron chi connectivity index (χ0n) is 10.8. The first kappa shape index (κ1) is 14.4. The van der Waals surface area contributed by atoms with Crippen LogP contribution < -0.4 is 4.74 Å². The van der Waals surface area contributed by atoms with Gasteiger partial charge in [-0.3, -0.25) is 4.79 Å². The van der Waals surface area contributed by atoms with Gasteiger partial charge in [-0.2, -0.15) is 0 Å². The Balaban J connectivity index is 1.62. The Hall–Kier alpha value is -1.56. The van der Waals surface area contributed by atoms with Crippen molar-refractivity contribution in [1.82, 2.24) is 4.98 Å². The molecule has 0 bridgehead atoms. The van der Waals surface area contributed by atoms with Crippen molar-refractivity contribution in [2.24, 2.45) is 0 Å². The van der Waals surface area contributed by atoms with Crippen LogP contribution in [0.4, 0.5) is 0 Å². The summed E-state index contributed by atoms with van der Waals surface area (Å²) in [5.41, 5.74) is 0.907. The van der Waals surface area contributed by atoms with Crippen LogP contribution in [0.1, 0.15) is 0 Å². The minimum atomic E-state index is -0.103. The average Bonchev–Trinajstić information content (AvgIpc) is 2.88. The van der Waals surface area contributed by atoms with Crippen LogP contribution >= 0.6 is 34.7 Å². The number of carbonyl (C=O) groups is 1. The lowest BCUT2D eigenvalue weighted by molar-refractivity contribution is -0.112. The molecule has 2 aromatic carbocycles. The van der Waals surface area contributed by atoms with Gasteiger partial charge < -0.3 is 4.74 Å². The van der Waals surface area contributed by atoms with E-state index >= 15 is 0 Å². The summed E-state index contributed by atoms with van der Waals surface area (Å²) in [7, 11) is 0. The van der Waals surface area contributed by atoms with Gasteiger partial charge in [-0.15, -0.1) is 11.3 Å². The molecule has 0 saturated carbocycles. The third-order valence-electron chi connectivity index (χ3n) is 2.66. The highest BCUT2D eigenvalue weighted by Crippen LogP contribution is 2.30. The maximum absolute atomic E-state index is 11.9. The Bertz CT molecular complexity index is 755. The number of rotatable bonds is 4. The summed E-state index contributed by atoms with van der Waals surface area (Å²) >= 11 is 8.56. The molecule has 0 amide bonds. The number of halogens is 1. The smallest absolute Gasteiger partial charge is 0.233 e. The Labute approximate surface area is 134 Å². The summed E-state index contributed by atoms with van der Waals surface area (Å²) < 4.78 is 7.21. The highest BCUT2D eigenvalue weighted by Gasteiger charge is 2.11. The molecule has 0 aliphatic carbocycles. The van der Waals surface area contributed by atoms with Gasteiger partial charge in [0.1, 0.15) is 5.75 Å². The van der Waals surface area contributed by atoms with Crippen LogP contribution in [0.25, 0.3) is 10.2 Å². The molecule has 3 rings (SSSR count). The lowest BCUT2D eigenvalue weighted by Gasteiger charge is -2.05. The van der Waals surface area contributed by atoms with Gasteiger partial charge >= 0.3 is 0 Å². The second kappa shape index (κ2) is 6.47. The molecule has 1 heterocycles. The summed E-state index contributed by atoms with van der Waals surface area (Å²) in [5.74, 6) is 0.511. The summed E-state index contributed by atoms with van der Waals surface area (Å²) in [6.45, 7) is -0.0374. The van der Waals surface area contributed by atoms with Crippen molar-refractivity contribution in [2.45, 2.75) is 4.34 Å². The average molecular weight is 336 g/mol. The van der Waals surface area contributed by atoms with Crippen LogP contribution in [0.5, 0.6) is 5.75 Å². The SMILES string of the molecule is O=C(COc1ccccc1Cl)Sc1nc2ccccc2s1. The first-order chi connectivity index (χ1) is 10.2. The van der Waals surface area contributed by atoms with E-state index in [1.165, 1.54) is 11.3 Å². The van der Waals surface area contributed by atoms with E-state index in [0.717, 1.165) is 26.3 Å². The van der Waals surface area contributed by atoms with Crippen LogP contribution in [-0.4, -0.2) is 16.7 Å². The standard InChI is InChI=1S/C15H10ClNO2S2/c16-10-5-1-3-7-12(10)19-9-14(18)21-15-17-11-6-2-4-8-13(11)20-15/h1-8H,9H2. The first-order valence-corrected chi connectivity index (χ1v) is 8.17. The monoisotopic (exact) mass is 335 g/mol. The van der Waals surface area contributed by atoms with Gasteiger partial charge in [0.05, 0.1) is 15.2 Å². The van der Waals surface area contributed by atoms with E-state index in [1.54, 1.807) is 12.1 Å². The van der Waals surface area contributed by atoms with E-state index in [0.29, 0.717) is 10.8 Å². The molecular formula is C15H10ClNO2S2. The van der Waals surface area contributed by atoms with Crippen LogP contribution in [0.15, 0.2) is 52.9 Å². The maximum atomic E-state index is 11.9. The summed E-state index contributed by atoms with van der Waals surface area (Å²) in [6.07, 6.45) is 0. The normalized spacial score (nSPS) is 10.7. The zero-order chi connectivity index (χ0) is 14.7. The molecule has 0 radical (unpaired) electrons. The molecule has 3 aromatic rings.